The van der Waals surface area contributed by atoms with Gasteiger partial charge in [0.15, 0.2) is 0 Å². The van der Waals surface area contributed by atoms with Gasteiger partial charge in [0, 0.05) is 31.7 Å². The number of halogens is 1. The number of para-hydroxylation sites is 1. The van der Waals surface area contributed by atoms with Crippen LogP contribution in [0.2, 0.25) is 0 Å². The highest BCUT2D eigenvalue weighted by Gasteiger charge is 2.41. The van der Waals surface area contributed by atoms with Crippen molar-refractivity contribution in [2.75, 3.05) is 18.4 Å². The Balaban J connectivity index is 1.40. The van der Waals surface area contributed by atoms with Crippen molar-refractivity contribution >= 4 is 11.7 Å². The minimum Gasteiger partial charge on any atom is -0.321 e. The molecule has 2 saturated heterocycles. The number of carbonyl (C=O) groups is 1. The first kappa shape index (κ1) is 17.5. The molecule has 2 heterocycles. The quantitative estimate of drug-likeness (QED) is 0.906. The van der Waals surface area contributed by atoms with E-state index in [4.69, 9.17) is 5.26 Å². The highest BCUT2D eigenvalue weighted by atomic mass is 19.1. The van der Waals surface area contributed by atoms with E-state index in [0.717, 1.165) is 19.4 Å². The number of urea groups is 1. The van der Waals surface area contributed by atoms with E-state index in [9.17, 15) is 9.18 Å². The summed E-state index contributed by atoms with van der Waals surface area (Å²) >= 11 is 0. The molecule has 2 amide bonds. The Labute approximate surface area is 158 Å². The molecule has 6 heteroatoms. The molecule has 138 valence electrons. The first-order valence-electron chi connectivity index (χ1n) is 9.19. The summed E-state index contributed by atoms with van der Waals surface area (Å²) in [6.45, 7) is 2.12. The second-order valence-electron chi connectivity index (χ2n) is 7.18. The Bertz CT molecular complexity index is 862. The van der Waals surface area contributed by atoms with Gasteiger partial charge in [-0.05, 0) is 42.7 Å². The highest BCUT2D eigenvalue weighted by molar-refractivity contribution is 5.89. The molecule has 0 spiro atoms. The minimum absolute atomic E-state index is 0.217. The topological polar surface area (TPSA) is 59.4 Å². The van der Waals surface area contributed by atoms with Crippen LogP contribution in [0.5, 0.6) is 0 Å². The second-order valence-corrected chi connectivity index (χ2v) is 7.18. The maximum absolute atomic E-state index is 13.8. The largest absolute Gasteiger partial charge is 0.322 e. The third-order valence-electron chi connectivity index (χ3n) is 5.48. The molecule has 2 aromatic carbocycles. The number of hydrogen-bond acceptors (Lipinski definition) is 3. The van der Waals surface area contributed by atoms with Crippen LogP contribution < -0.4 is 5.32 Å². The summed E-state index contributed by atoms with van der Waals surface area (Å²) in [4.78, 5) is 16.8. The summed E-state index contributed by atoms with van der Waals surface area (Å²) in [5.41, 5.74) is 2.06. The summed E-state index contributed by atoms with van der Waals surface area (Å²) in [6.07, 6.45) is 2.12. The van der Waals surface area contributed by atoms with Gasteiger partial charge in [-0.2, -0.15) is 5.26 Å². The van der Waals surface area contributed by atoms with Crippen LogP contribution >= 0.6 is 0 Å². The normalized spacial score (nSPS) is 21.7. The van der Waals surface area contributed by atoms with Crippen LogP contribution in [0.25, 0.3) is 0 Å². The van der Waals surface area contributed by atoms with Crippen molar-refractivity contribution < 1.29 is 9.18 Å². The molecule has 27 heavy (non-hydrogen) atoms. The average Bonchev–Trinajstić information content (AvgIpc) is 2.91. The van der Waals surface area contributed by atoms with Crippen molar-refractivity contribution in [1.29, 1.82) is 5.26 Å². The van der Waals surface area contributed by atoms with Gasteiger partial charge in [0.05, 0.1) is 17.3 Å². The lowest BCUT2D eigenvalue weighted by Crippen LogP contribution is -2.55. The van der Waals surface area contributed by atoms with Gasteiger partial charge in [0.1, 0.15) is 5.82 Å². The molecule has 4 rings (SSSR count). The van der Waals surface area contributed by atoms with E-state index in [1.54, 1.807) is 23.1 Å². The van der Waals surface area contributed by atoms with Gasteiger partial charge in [-0.1, -0.05) is 24.3 Å². The molecule has 0 aliphatic carbocycles. The van der Waals surface area contributed by atoms with E-state index < -0.39 is 5.82 Å². The van der Waals surface area contributed by atoms with Crippen molar-refractivity contribution in [1.82, 2.24) is 9.80 Å². The molecule has 2 bridgehead atoms. The first-order chi connectivity index (χ1) is 13.1. The van der Waals surface area contributed by atoms with Gasteiger partial charge in [-0.3, -0.25) is 4.90 Å². The van der Waals surface area contributed by atoms with E-state index in [0.29, 0.717) is 30.7 Å². The van der Waals surface area contributed by atoms with E-state index in [1.165, 1.54) is 11.6 Å². The average molecular weight is 364 g/mol. The molecule has 5 nitrogen and oxygen atoms in total. The van der Waals surface area contributed by atoms with Gasteiger partial charge in [0.2, 0.25) is 0 Å². The molecular formula is C21H21FN4O. The zero-order valence-electron chi connectivity index (χ0n) is 14.9. The monoisotopic (exact) mass is 364 g/mol. The molecule has 0 radical (unpaired) electrons. The number of anilines is 1. The first-order valence-corrected chi connectivity index (χ1v) is 9.19. The van der Waals surface area contributed by atoms with Crippen molar-refractivity contribution in [2.24, 2.45) is 0 Å². The molecular weight excluding hydrogens is 343 g/mol. The minimum atomic E-state index is -0.423. The fourth-order valence-electron chi connectivity index (χ4n) is 4.07. The van der Waals surface area contributed by atoms with Crippen molar-refractivity contribution in [2.45, 2.75) is 31.5 Å². The third-order valence-corrected chi connectivity index (χ3v) is 5.48. The maximum atomic E-state index is 13.8. The third kappa shape index (κ3) is 3.64. The summed E-state index contributed by atoms with van der Waals surface area (Å²) in [7, 11) is 0. The molecule has 0 aromatic heterocycles. The van der Waals surface area contributed by atoms with Gasteiger partial charge in [0.25, 0.3) is 0 Å². The van der Waals surface area contributed by atoms with Crippen molar-refractivity contribution in [3.05, 3.63) is 65.5 Å². The molecule has 0 saturated carbocycles. The summed E-state index contributed by atoms with van der Waals surface area (Å²) in [5.74, 6) is -0.423. The van der Waals surface area contributed by atoms with Crippen LogP contribution in [0.3, 0.4) is 0 Å². The SMILES string of the molecule is N#Cc1ccc(CN2C3CCC2CN(C(=O)Nc2ccccc2F)C3)cc1. The lowest BCUT2D eigenvalue weighted by molar-refractivity contribution is 0.0812. The van der Waals surface area contributed by atoms with Gasteiger partial charge in [-0.25, -0.2) is 9.18 Å². The number of rotatable bonds is 3. The Kier molecular flexibility index (Phi) is 4.78. The Morgan fingerprint density at radius 2 is 1.78 bits per heavy atom. The summed E-state index contributed by atoms with van der Waals surface area (Å²) in [6, 6.07) is 16.4. The molecule has 1 N–H and O–H groups in total. The zero-order chi connectivity index (χ0) is 18.8. The van der Waals surface area contributed by atoms with Crippen LogP contribution in [0.4, 0.5) is 14.9 Å². The van der Waals surface area contributed by atoms with Crippen LogP contribution in [-0.2, 0) is 6.54 Å². The van der Waals surface area contributed by atoms with E-state index in [1.807, 2.05) is 24.3 Å². The van der Waals surface area contributed by atoms with Gasteiger partial charge < -0.3 is 10.2 Å². The number of carbonyl (C=O) groups excluding carboxylic acids is 1. The Morgan fingerprint density at radius 3 is 2.41 bits per heavy atom. The van der Waals surface area contributed by atoms with E-state index in [-0.39, 0.29) is 11.7 Å². The summed E-state index contributed by atoms with van der Waals surface area (Å²) in [5, 5.41) is 11.6. The van der Waals surface area contributed by atoms with E-state index in [2.05, 4.69) is 16.3 Å². The standard InChI is InChI=1S/C21H21FN4O/c22-19-3-1-2-4-20(19)24-21(27)25-13-17-9-10-18(14-25)26(17)12-16-7-5-15(11-23)6-8-16/h1-8,17-18H,9-10,12-14H2,(H,24,27). The van der Waals surface area contributed by atoms with Crippen LogP contribution in [0.15, 0.2) is 48.5 Å². The van der Waals surface area contributed by atoms with Gasteiger partial charge in [-0.15, -0.1) is 0 Å². The number of nitrogens with one attached hydrogen (secondary N) is 1. The second kappa shape index (κ2) is 7.37. The number of likely N-dealkylation sites (tertiary alicyclic amines) is 1. The lowest BCUT2D eigenvalue weighted by Gasteiger charge is -2.41. The number of piperazine rings is 1. The lowest BCUT2D eigenvalue weighted by atomic mass is 10.1. The molecule has 2 aliphatic heterocycles. The van der Waals surface area contributed by atoms with Crippen LogP contribution in [-0.4, -0.2) is 41.0 Å². The van der Waals surface area contributed by atoms with Gasteiger partial charge >= 0.3 is 6.03 Å². The predicted octanol–water partition coefficient (Wildman–Crippen LogP) is 3.58. The maximum Gasteiger partial charge on any atom is 0.322 e. The predicted molar refractivity (Wildman–Crippen MR) is 101 cm³/mol. The molecule has 2 aliphatic rings. The molecule has 2 aromatic rings. The Morgan fingerprint density at radius 1 is 1.11 bits per heavy atom. The number of nitriles is 1. The number of benzene rings is 2. The number of amides is 2. The van der Waals surface area contributed by atoms with Crippen LogP contribution in [0.1, 0.15) is 24.0 Å². The summed E-state index contributed by atoms with van der Waals surface area (Å²) < 4.78 is 13.8. The zero-order valence-corrected chi connectivity index (χ0v) is 14.9. The molecule has 2 unspecified atom stereocenters. The number of nitrogens with zero attached hydrogens (tertiary/aromatic N) is 3. The van der Waals surface area contributed by atoms with E-state index >= 15 is 0 Å². The fraction of sp³-hybridized carbons (Fsp3) is 0.333. The highest BCUT2D eigenvalue weighted by Crippen LogP contribution is 2.32. The molecule has 2 atom stereocenters. The number of hydrogen-bond donors (Lipinski definition) is 1. The number of fused-ring (bicyclic) bond motifs is 2. The van der Waals surface area contributed by atoms with Crippen molar-refractivity contribution in [3.63, 3.8) is 0 Å². The Hall–Kier alpha value is -2.91. The van der Waals surface area contributed by atoms with Crippen molar-refractivity contribution in [3.8, 4) is 6.07 Å². The smallest absolute Gasteiger partial charge is 0.321 e. The van der Waals surface area contributed by atoms with Crippen LogP contribution in [0, 0.1) is 17.1 Å². The fourth-order valence-corrected chi connectivity index (χ4v) is 4.07. The molecule has 2 fully saturated rings.